The van der Waals surface area contributed by atoms with Gasteiger partial charge >= 0.3 is 0 Å². The van der Waals surface area contributed by atoms with Crippen molar-refractivity contribution in [2.75, 3.05) is 11.1 Å². The smallest absolute Gasteiger partial charge is 0.295 e. The van der Waals surface area contributed by atoms with E-state index in [1.165, 1.54) is 25.7 Å². The highest BCUT2D eigenvalue weighted by atomic mass is 16.4. The van der Waals surface area contributed by atoms with Crippen molar-refractivity contribution in [2.24, 2.45) is 0 Å². The van der Waals surface area contributed by atoms with Crippen LogP contribution in [0.2, 0.25) is 0 Å². The Morgan fingerprint density at radius 2 is 2.11 bits per heavy atom. The fourth-order valence-corrected chi connectivity index (χ4v) is 2.44. The van der Waals surface area contributed by atoms with Crippen LogP contribution in [0.1, 0.15) is 31.4 Å². The Balaban J connectivity index is 1.84. The highest BCUT2D eigenvalue weighted by molar-refractivity contribution is 5.57. The van der Waals surface area contributed by atoms with E-state index >= 15 is 0 Å². The first-order valence-corrected chi connectivity index (χ1v) is 6.55. The minimum atomic E-state index is 0.235. The Labute approximate surface area is 111 Å². The Morgan fingerprint density at radius 1 is 1.32 bits per heavy atom. The first-order valence-electron chi connectivity index (χ1n) is 6.55. The molecule has 0 unspecified atom stereocenters. The van der Waals surface area contributed by atoms with Gasteiger partial charge in [-0.3, -0.25) is 0 Å². The lowest BCUT2D eigenvalue weighted by Crippen LogP contribution is -2.14. The van der Waals surface area contributed by atoms with E-state index in [-0.39, 0.29) is 5.95 Å². The van der Waals surface area contributed by atoms with Gasteiger partial charge in [0.1, 0.15) is 5.69 Å². The molecule has 0 aliphatic heterocycles. The maximum Gasteiger partial charge on any atom is 0.295 e. The van der Waals surface area contributed by atoms with E-state index in [1.54, 1.807) is 12.3 Å². The maximum absolute atomic E-state index is 5.75. The lowest BCUT2D eigenvalue weighted by Gasteiger charge is -2.08. The van der Waals surface area contributed by atoms with Crippen LogP contribution in [0.5, 0.6) is 0 Å². The Bertz CT molecular complexity index is 574. The molecule has 2 heterocycles. The summed E-state index contributed by atoms with van der Waals surface area (Å²) in [4.78, 5) is 12.4. The number of nitrogens with zero attached hydrogens (tertiary/aromatic N) is 3. The summed E-state index contributed by atoms with van der Waals surface area (Å²) in [6.07, 6.45) is 6.51. The normalized spacial score (nSPS) is 15.8. The summed E-state index contributed by atoms with van der Waals surface area (Å²) in [5, 5.41) is 3.33. The highest BCUT2D eigenvalue weighted by Crippen LogP contribution is 2.27. The maximum atomic E-state index is 5.75. The van der Waals surface area contributed by atoms with Gasteiger partial charge in [-0.25, -0.2) is 9.97 Å². The second-order valence-electron chi connectivity index (χ2n) is 4.86. The van der Waals surface area contributed by atoms with Crippen molar-refractivity contribution in [3.63, 3.8) is 0 Å². The average molecular weight is 259 g/mol. The van der Waals surface area contributed by atoms with Crippen LogP contribution in [0.25, 0.3) is 11.5 Å². The zero-order chi connectivity index (χ0) is 13.2. The number of nitrogens with one attached hydrogen (secondary N) is 1. The second kappa shape index (κ2) is 4.87. The highest BCUT2D eigenvalue weighted by Gasteiger charge is 2.19. The number of nitrogen functional groups attached to an aromatic ring is 1. The van der Waals surface area contributed by atoms with Crippen LogP contribution >= 0.6 is 0 Å². The standard InChI is InChI=1S/C13H17N5O/c1-8-11(10-6-7-15-12(14)18-10)19-13(16-8)17-9-4-2-3-5-9/h6-7,9H,2-5H2,1H3,(H,16,17)(H2,14,15,18). The molecule has 19 heavy (non-hydrogen) atoms. The van der Waals surface area contributed by atoms with E-state index in [2.05, 4.69) is 20.3 Å². The fourth-order valence-electron chi connectivity index (χ4n) is 2.44. The van der Waals surface area contributed by atoms with E-state index in [1.807, 2.05) is 6.92 Å². The molecule has 3 N–H and O–H groups in total. The zero-order valence-corrected chi connectivity index (χ0v) is 10.9. The van der Waals surface area contributed by atoms with Gasteiger partial charge in [0.15, 0.2) is 5.76 Å². The summed E-state index contributed by atoms with van der Waals surface area (Å²) in [7, 11) is 0. The molecule has 6 heteroatoms. The summed E-state index contributed by atoms with van der Waals surface area (Å²) in [5.74, 6) is 0.883. The van der Waals surface area contributed by atoms with Gasteiger partial charge in [-0.2, -0.15) is 4.98 Å². The van der Waals surface area contributed by atoms with Crippen molar-refractivity contribution in [3.8, 4) is 11.5 Å². The van der Waals surface area contributed by atoms with Gasteiger partial charge in [-0.1, -0.05) is 12.8 Å². The van der Waals surface area contributed by atoms with E-state index in [0.717, 1.165) is 5.69 Å². The summed E-state index contributed by atoms with van der Waals surface area (Å²) in [6.45, 7) is 1.90. The molecule has 0 spiro atoms. The molecular weight excluding hydrogens is 242 g/mol. The predicted molar refractivity (Wildman–Crippen MR) is 72.6 cm³/mol. The fraction of sp³-hybridized carbons (Fsp3) is 0.462. The van der Waals surface area contributed by atoms with Gasteiger partial charge in [0.05, 0.1) is 5.69 Å². The number of aromatic nitrogens is 3. The number of hydrogen-bond donors (Lipinski definition) is 2. The van der Waals surface area contributed by atoms with Gasteiger partial charge in [0.2, 0.25) is 5.95 Å². The average Bonchev–Trinajstić information content (AvgIpc) is 3.00. The number of hydrogen-bond acceptors (Lipinski definition) is 6. The second-order valence-corrected chi connectivity index (χ2v) is 4.86. The van der Waals surface area contributed by atoms with Gasteiger partial charge in [-0.15, -0.1) is 0 Å². The van der Waals surface area contributed by atoms with E-state index in [9.17, 15) is 0 Å². The molecule has 3 rings (SSSR count). The topological polar surface area (TPSA) is 89.9 Å². The van der Waals surface area contributed by atoms with Gasteiger partial charge in [0.25, 0.3) is 6.01 Å². The summed E-state index contributed by atoms with van der Waals surface area (Å²) >= 11 is 0. The molecule has 0 aromatic carbocycles. The number of aryl methyl sites for hydroxylation is 1. The summed E-state index contributed by atoms with van der Waals surface area (Å²) in [6, 6.07) is 2.81. The lowest BCUT2D eigenvalue weighted by molar-refractivity contribution is 0.567. The van der Waals surface area contributed by atoms with Crippen LogP contribution in [0.3, 0.4) is 0 Å². The summed E-state index contributed by atoms with van der Waals surface area (Å²) in [5.41, 5.74) is 7.05. The van der Waals surface area contributed by atoms with Crippen LogP contribution in [0.15, 0.2) is 16.7 Å². The Kier molecular flexibility index (Phi) is 3.06. The first kappa shape index (κ1) is 12.0. The van der Waals surface area contributed by atoms with Crippen molar-refractivity contribution < 1.29 is 4.42 Å². The molecule has 1 saturated carbocycles. The zero-order valence-electron chi connectivity index (χ0n) is 10.9. The molecule has 1 aliphatic carbocycles. The quantitative estimate of drug-likeness (QED) is 0.879. The number of anilines is 2. The first-order chi connectivity index (χ1) is 9.22. The van der Waals surface area contributed by atoms with Crippen LogP contribution in [-0.4, -0.2) is 21.0 Å². The van der Waals surface area contributed by atoms with Gasteiger partial charge in [0, 0.05) is 12.2 Å². The number of oxazole rings is 1. The Hall–Kier alpha value is -2.11. The molecule has 0 saturated heterocycles. The third-order valence-electron chi connectivity index (χ3n) is 3.39. The van der Waals surface area contributed by atoms with E-state index < -0.39 is 0 Å². The van der Waals surface area contributed by atoms with Gasteiger partial charge in [-0.05, 0) is 25.8 Å². The van der Waals surface area contributed by atoms with Crippen LogP contribution in [0.4, 0.5) is 12.0 Å². The van der Waals surface area contributed by atoms with Crippen LogP contribution < -0.4 is 11.1 Å². The molecule has 1 fully saturated rings. The lowest BCUT2D eigenvalue weighted by atomic mass is 10.3. The largest absolute Gasteiger partial charge is 0.422 e. The minimum absolute atomic E-state index is 0.235. The molecule has 0 radical (unpaired) electrons. The SMILES string of the molecule is Cc1nc(NC2CCCC2)oc1-c1ccnc(N)n1. The van der Waals surface area contributed by atoms with E-state index in [0.29, 0.717) is 23.5 Å². The van der Waals surface area contributed by atoms with Crippen molar-refractivity contribution in [1.82, 2.24) is 15.0 Å². The van der Waals surface area contributed by atoms with E-state index in [4.69, 9.17) is 10.2 Å². The van der Waals surface area contributed by atoms with Crippen molar-refractivity contribution >= 4 is 12.0 Å². The minimum Gasteiger partial charge on any atom is -0.422 e. The third-order valence-corrected chi connectivity index (χ3v) is 3.39. The van der Waals surface area contributed by atoms with Crippen molar-refractivity contribution in [1.29, 1.82) is 0 Å². The Morgan fingerprint density at radius 3 is 2.84 bits per heavy atom. The molecule has 2 aromatic heterocycles. The van der Waals surface area contributed by atoms with Crippen molar-refractivity contribution in [2.45, 2.75) is 38.6 Å². The van der Waals surface area contributed by atoms with Crippen molar-refractivity contribution in [3.05, 3.63) is 18.0 Å². The van der Waals surface area contributed by atoms with Crippen LogP contribution in [0, 0.1) is 6.92 Å². The molecule has 2 aromatic rings. The predicted octanol–water partition coefficient (Wildman–Crippen LogP) is 2.38. The molecule has 6 nitrogen and oxygen atoms in total. The molecule has 100 valence electrons. The van der Waals surface area contributed by atoms with Gasteiger partial charge < -0.3 is 15.5 Å². The molecular formula is C13H17N5O. The molecule has 1 aliphatic rings. The number of rotatable bonds is 3. The third kappa shape index (κ3) is 2.52. The summed E-state index contributed by atoms with van der Waals surface area (Å²) < 4.78 is 5.75. The number of nitrogens with two attached hydrogens (primary N) is 1. The molecule has 0 atom stereocenters. The van der Waals surface area contributed by atoms with Crippen LogP contribution in [-0.2, 0) is 0 Å². The molecule has 0 bridgehead atoms. The monoisotopic (exact) mass is 259 g/mol. The molecule has 0 amide bonds.